The summed E-state index contributed by atoms with van der Waals surface area (Å²) in [6.07, 6.45) is 0. The Balaban J connectivity index is 1.31. The van der Waals surface area contributed by atoms with Gasteiger partial charge in [0.05, 0.1) is 10.2 Å². The number of anilines is 6. The Morgan fingerprint density at radius 1 is 0.448 bits per heavy atom. The number of hydrogen-bond acceptors (Lipinski definition) is 4. The number of thiazole rings is 1. The lowest BCUT2D eigenvalue weighted by atomic mass is 9.33. The Labute approximate surface area is 350 Å². The van der Waals surface area contributed by atoms with Crippen LogP contribution in [-0.2, 0) is 21.7 Å². The molecule has 6 aromatic carbocycles. The van der Waals surface area contributed by atoms with Gasteiger partial charge in [-0.05, 0) is 115 Å². The Hall–Kier alpha value is -5.13. The molecule has 58 heavy (non-hydrogen) atoms. The van der Waals surface area contributed by atoms with E-state index in [4.69, 9.17) is 4.98 Å². The molecule has 3 nitrogen and oxygen atoms in total. The molecule has 0 saturated heterocycles. The highest BCUT2D eigenvalue weighted by Crippen LogP contribution is 2.46. The first-order chi connectivity index (χ1) is 27.3. The smallest absolute Gasteiger partial charge is 0.252 e. The van der Waals surface area contributed by atoms with E-state index in [-0.39, 0.29) is 28.4 Å². The Morgan fingerprint density at radius 2 is 0.897 bits per heavy atom. The van der Waals surface area contributed by atoms with Gasteiger partial charge in [0.15, 0.2) is 0 Å². The normalized spacial score (nSPS) is 14.1. The molecule has 1 aromatic heterocycles. The standard InChI is InChI=1S/C53H56BN3S/c1-50(2,3)34-18-16-33(17-19-34)49-55-42-32-46-41(31-47(42)58-49)54-40-30-37(53(10,11)12)24-29-43(40)56(38-25-20-35(21-26-38)51(4,5)6)44-14-13-15-45(48(44)54)57(46)39-27-22-36(23-28-39)52(7,8)9/h13-32H,1-12H3. The third-order valence-corrected chi connectivity index (χ3v) is 13.4. The highest BCUT2D eigenvalue weighted by atomic mass is 32.1. The van der Waals surface area contributed by atoms with Crippen LogP contribution >= 0.6 is 11.3 Å². The molecule has 0 aliphatic carbocycles. The van der Waals surface area contributed by atoms with E-state index in [0.717, 1.165) is 16.2 Å². The van der Waals surface area contributed by atoms with Crippen molar-refractivity contribution < 1.29 is 0 Å². The molecular weight excluding hydrogens is 721 g/mol. The topological polar surface area (TPSA) is 19.4 Å². The number of nitrogens with zero attached hydrogens (tertiary/aromatic N) is 3. The minimum absolute atomic E-state index is 0.00852. The molecule has 0 amide bonds. The molecule has 0 saturated carbocycles. The second kappa shape index (κ2) is 13.2. The van der Waals surface area contributed by atoms with Crippen LogP contribution in [0, 0.1) is 0 Å². The predicted octanol–water partition coefficient (Wildman–Crippen LogP) is 13.2. The number of hydrogen-bond donors (Lipinski definition) is 0. The summed E-state index contributed by atoms with van der Waals surface area (Å²) in [6.45, 7) is 27.6. The van der Waals surface area contributed by atoms with Crippen LogP contribution < -0.4 is 26.2 Å². The minimum Gasteiger partial charge on any atom is -0.311 e. The lowest BCUT2D eigenvalue weighted by Gasteiger charge is -2.44. The third-order valence-electron chi connectivity index (χ3n) is 12.3. The molecule has 292 valence electrons. The summed E-state index contributed by atoms with van der Waals surface area (Å²) in [7, 11) is 0. The molecule has 0 spiro atoms. The van der Waals surface area contributed by atoms with E-state index in [1.807, 2.05) is 0 Å². The van der Waals surface area contributed by atoms with Crippen molar-refractivity contribution in [2.45, 2.75) is 105 Å². The van der Waals surface area contributed by atoms with Gasteiger partial charge in [0, 0.05) is 39.7 Å². The minimum atomic E-state index is -0.00852. The summed E-state index contributed by atoms with van der Waals surface area (Å²) < 4.78 is 1.21. The summed E-state index contributed by atoms with van der Waals surface area (Å²) in [4.78, 5) is 10.4. The largest absolute Gasteiger partial charge is 0.311 e. The average Bonchev–Trinajstić information content (AvgIpc) is 3.59. The number of fused-ring (bicyclic) bond motifs is 5. The van der Waals surface area contributed by atoms with E-state index in [1.54, 1.807) is 11.3 Å². The van der Waals surface area contributed by atoms with E-state index in [2.05, 4.69) is 214 Å². The van der Waals surface area contributed by atoms with Gasteiger partial charge in [-0.2, -0.15) is 0 Å². The molecule has 2 aliphatic rings. The summed E-state index contributed by atoms with van der Waals surface area (Å²) in [6, 6.07) is 46.5. The first-order valence-electron chi connectivity index (χ1n) is 20.9. The summed E-state index contributed by atoms with van der Waals surface area (Å²) >= 11 is 1.80. The second-order valence-electron chi connectivity index (χ2n) is 20.7. The van der Waals surface area contributed by atoms with Crippen molar-refractivity contribution in [3.8, 4) is 10.6 Å². The zero-order valence-corrected chi connectivity index (χ0v) is 37.2. The molecule has 0 atom stereocenters. The van der Waals surface area contributed by atoms with Gasteiger partial charge in [0.2, 0.25) is 0 Å². The van der Waals surface area contributed by atoms with Crippen molar-refractivity contribution in [2.24, 2.45) is 0 Å². The van der Waals surface area contributed by atoms with E-state index < -0.39 is 0 Å². The lowest BCUT2D eigenvalue weighted by molar-refractivity contribution is 0.590. The lowest BCUT2D eigenvalue weighted by Crippen LogP contribution is -2.61. The fourth-order valence-corrected chi connectivity index (χ4v) is 9.84. The van der Waals surface area contributed by atoms with Gasteiger partial charge in [0.1, 0.15) is 5.01 Å². The van der Waals surface area contributed by atoms with Crippen LogP contribution in [-0.4, -0.2) is 11.7 Å². The van der Waals surface area contributed by atoms with Gasteiger partial charge < -0.3 is 9.80 Å². The monoisotopic (exact) mass is 777 g/mol. The molecule has 2 aliphatic heterocycles. The van der Waals surface area contributed by atoms with Crippen molar-refractivity contribution in [3.63, 3.8) is 0 Å². The zero-order chi connectivity index (χ0) is 41.1. The summed E-state index contributed by atoms with van der Waals surface area (Å²) in [5, 5.41) is 1.06. The van der Waals surface area contributed by atoms with Crippen molar-refractivity contribution in [1.82, 2.24) is 4.98 Å². The van der Waals surface area contributed by atoms with Gasteiger partial charge in [-0.25, -0.2) is 4.98 Å². The molecule has 0 fully saturated rings. The Morgan fingerprint density at radius 3 is 1.40 bits per heavy atom. The first kappa shape index (κ1) is 38.4. The van der Waals surface area contributed by atoms with Crippen molar-refractivity contribution >= 4 is 78.8 Å². The van der Waals surface area contributed by atoms with Crippen LogP contribution in [0.25, 0.3) is 20.8 Å². The third kappa shape index (κ3) is 6.47. The molecular formula is C53H56BN3S. The Bertz CT molecular complexity index is 2700. The molecule has 7 aromatic rings. The fraction of sp³-hybridized carbons (Fsp3) is 0.302. The second-order valence-corrected chi connectivity index (χ2v) is 21.7. The summed E-state index contributed by atoms with van der Waals surface area (Å²) in [5.74, 6) is 0. The number of rotatable bonds is 3. The Kier molecular flexibility index (Phi) is 8.73. The molecule has 0 N–H and O–H groups in total. The van der Waals surface area contributed by atoms with Crippen LogP contribution in [0.3, 0.4) is 0 Å². The van der Waals surface area contributed by atoms with Crippen LogP contribution in [0.15, 0.2) is 121 Å². The fourth-order valence-electron chi connectivity index (χ4n) is 8.84. The molecule has 0 radical (unpaired) electrons. The van der Waals surface area contributed by atoms with Gasteiger partial charge in [-0.15, -0.1) is 11.3 Å². The molecule has 9 rings (SSSR count). The molecule has 0 bridgehead atoms. The van der Waals surface area contributed by atoms with Gasteiger partial charge in [-0.1, -0.05) is 150 Å². The highest BCUT2D eigenvalue weighted by Gasteiger charge is 2.44. The van der Waals surface area contributed by atoms with Crippen molar-refractivity contribution in [2.75, 3.05) is 9.80 Å². The predicted molar refractivity (Wildman–Crippen MR) is 254 cm³/mol. The number of benzene rings is 6. The maximum atomic E-state index is 5.35. The quantitative estimate of drug-likeness (QED) is 0.167. The van der Waals surface area contributed by atoms with Crippen LogP contribution in [0.4, 0.5) is 34.1 Å². The van der Waals surface area contributed by atoms with E-state index >= 15 is 0 Å². The maximum absolute atomic E-state index is 5.35. The van der Waals surface area contributed by atoms with Gasteiger partial charge >= 0.3 is 0 Å². The number of aromatic nitrogens is 1. The van der Waals surface area contributed by atoms with E-state index in [9.17, 15) is 0 Å². The molecule has 5 heteroatoms. The van der Waals surface area contributed by atoms with Gasteiger partial charge in [0.25, 0.3) is 6.71 Å². The van der Waals surface area contributed by atoms with E-state index in [1.165, 1.54) is 77.3 Å². The zero-order valence-electron chi connectivity index (χ0n) is 36.4. The van der Waals surface area contributed by atoms with E-state index in [0.29, 0.717) is 0 Å². The highest BCUT2D eigenvalue weighted by molar-refractivity contribution is 7.21. The van der Waals surface area contributed by atoms with Crippen LogP contribution in [0.5, 0.6) is 0 Å². The molecule has 0 unspecified atom stereocenters. The van der Waals surface area contributed by atoms with Crippen LogP contribution in [0.1, 0.15) is 105 Å². The SMILES string of the molecule is CC(C)(C)c1ccc(-c2nc3cc4c(cc3s2)B2c3cc(C(C)(C)C)ccc3N(c3ccc(C(C)(C)C)cc3)c3cccc(c32)N4c2ccc(C(C)(C)C)cc2)cc1. The average molecular weight is 778 g/mol. The van der Waals surface area contributed by atoms with Crippen molar-refractivity contribution in [1.29, 1.82) is 0 Å². The molecule has 3 heterocycles. The maximum Gasteiger partial charge on any atom is 0.252 e. The van der Waals surface area contributed by atoms with Crippen molar-refractivity contribution in [3.05, 3.63) is 144 Å². The van der Waals surface area contributed by atoms with Gasteiger partial charge in [-0.3, -0.25) is 0 Å². The van der Waals surface area contributed by atoms with Crippen LogP contribution in [0.2, 0.25) is 0 Å². The summed E-state index contributed by atoms with van der Waals surface area (Å²) in [5.41, 5.74) is 19.0. The first-order valence-corrected chi connectivity index (χ1v) is 21.7.